The molecule has 0 aliphatic heterocycles. The van der Waals surface area contributed by atoms with Crippen molar-refractivity contribution in [1.29, 1.82) is 0 Å². The van der Waals surface area contributed by atoms with Crippen molar-refractivity contribution in [3.8, 4) is 0 Å². The van der Waals surface area contributed by atoms with Gasteiger partial charge in [0.05, 0.1) is 17.9 Å². The van der Waals surface area contributed by atoms with Gasteiger partial charge < -0.3 is 0 Å². The number of nitrogens with two attached hydrogens (primary N) is 1. The first kappa shape index (κ1) is 11.2. The summed E-state index contributed by atoms with van der Waals surface area (Å²) in [6.45, 7) is 4.20. The van der Waals surface area contributed by atoms with Gasteiger partial charge in [0.2, 0.25) is 0 Å². The van der Waals surface area contributed by atoms with Gasteiger partial charge in [0.1, 0.15) is 0 Å². The van der Waals surface area contributed by atoms with Crippen LogP contribution in [-0.2, 0) is 0 Å². The standard InChI is InChI=1S/C11H14N4S/c1-7-5-10(16-8(7)2)11(15-12)9-6-13-3-4-14-9/h3-6,11,15H,12H2,1-2H3. The number of hydrogen-bond donors (Lipinski definition) is 2. The fourth-order valence-corrected chi connectivity index (χ4v) is 2.63. The Hall–Kier alpha value is -1.30. The average Bonchev–Trinajstić information content (AvgIpc) is 2.61. The monoisotopic (exact) mass is 234 g/mol. The van der Waals surface area contributed by atoms with Crippen molar-refractivity contribution in [1.82, 2.24) is 15.4 Å². The molecule has 0 aromatic carbocycles. The van der Waals surface area contributed by atoms with Crippen LogP contribution in [0, 0.1) is 13.8 Å². The van der Waals surface area contributed by atoms with Crippen LogP contribution in [0.5, 0.6) is 0 Å². The fraction of sp³-hybridized carbons (Fsp3) is 0.273. The third kappa shape index (κ3) is 2.11. The number of nitrogens with zero attached hydrogens (tertiary/aromatic N) is 2. The number of nitrogens with one attached hydrogen (secondary N) is 1. The van der Waals surface area contributed by atoms with Gasteiger partial charge in [0.25, 0.3) is 0 Å². The van der Waals surface area contributed by atoms with Crippen molar-refractivity contribution in [3.63, 3.8) is 0 Å². The zero-order valence-corrected chi connectivity index (χ0v) is 10.1. The van der Waals surface area contributed by atoms with Crippen molar-refractivity contribution < 1.29 is 0 Å². The molecule has 0 spiro atoms. The molecule has 4 nitrogen and oxygen atoms in total. The molecule has 0 amide bonds. The molecular formula is C11H14N4S. The molecule has 0 aliphatic carbocycles. The molecule has 3 N–H and O–H groups in total. The summed E-state index contributed by atoms with van der Waals surface area (Å²) < 4.78 is 0. The van der Waals surface area contributed by atoms with Crippen LogP contribution >= 0.6 is 11.3 Å². The van der Waals surface area contributed by atoms with E-state index in [1.165, 1.54) is 10.4 Å². The van der Waals surface area contributed by atoms with E-state index in [1.54, 1.807) is 29.9 Å². The topological polar surface area (TPSA) is 63.8 Å². The van der Waals surface area contributed by atoms with Crippen LogP contribution in [0.1, 0.15) is 27.1 Å². The van der Waals surface area contributed by atoms with Crippen LogP contribution in [0.3, 0.4) is 0 Å². The lowest BCUT2D eigenvalue weighted by molar-refractivity contribution is 0.626. The number of aromatic nitrogens is 2. The van der Waals surface area contributed by atoms with E-state index in [9.17, 15) is 0 Å². The minimum Gasteiger partial charge on any atom is -0.270 e. The Bertz CT molecular complexity index is 447. The van der Waals surface area contributed by atoms with E-state index in [1.807, 2.05) is 0 Å². The minimum atomic E-state index is -0.0777. The summed E-state index contributed by atoms with van der Waals surface area (Å²) in [6.07, 6.45) is 5.06. The van der Waals surface area contributed by atoms with Crippen LogP contribution < -0.4 is 11.3 Å². The largest absolute Gasteiger partial charge is 0.270 e. The van der Waals surface area contributed by atoms with Gasteiger partial charge in [-0.3, -0.25) is 15.8 Å². The normalized spacial score (nSPS) is 12.7. The molecule has 0 radical (unpaired) electrons. The fourth-order valence-electron chi connectivity index (χ4n) is 1.52. The summed E-state index contributed by atoms with van der Waals surface area (Å²) in [5, 5.41) is 0. The summed E-state index contributed by atoms with van der Waals surface area (Å²) >= 11 is 1.73. The van der Waals surface area contributed by atoms with Crippen LogP contribution in [0.15, 0.2) is 24.7 Å². The second kappa shape index (κ2) is 4.69. The SMILES string of the molecule is Cc1cc(C(NN)c2cnccn2)sc1C. The first-order valence-corrected chi connectivity index (χ1v) is 5.83. The van der Waals surface area contributed by atoms with Gasteiger partial charge in [-0.2, -0.15) is 0 Å². The van der Waals surface area contributed by atoms with Crippen molar-refractivity contribution >= 4 is 11.3 Å². The molecular weight excluding hydrogens is 220 g/mol. The lowest BCUT2D eigenvalue weighted by Gasteiger charge is -2.12. The van der Waals surface area contributed by atoms with Crippen molar-refractivity contribution in [2.24, 2.45) is 5.84 Å². The Morgan fingerprint density at radius 3 is 2.69 bits per heavy atom. The Kier molecular flexibility index (Phi) is 3.28. The van der Waals surface area contributed by atoms with Gasteiger partial charge >= 0.3 is 0 Å². The van der Waals surface area contributed by atoms with E-state index in [4.69, 9.17) is 5.84 Å². The molecule has 1 atom stereocenters. The maximum Gasteiger partial charge on any atom is 0.0988 e. The highest BCUT2D eigenvalue weighted by Crippen LogP contribution is 2.28. The maximum absolute atomic E-state index is 5.59. The van der Waals surface area contributed by atoms with Gasteiger partial charge in [-0.1, -0.05) is 0 Å². The van der Waals surface area contributed by atoms with Crippen molar-refractivity contribution in [2.75, 3.05) is 0 Å². The van der Waals surface area contributed by atoms with Gasteiger partial charge in [-0.15, -0.1) is 11.3 Å². The molecule has 2 aromatic rings. The van der Waals surface area contributed by atoms with E-state index in [0.29, 0.717) is 0 Å². The summed E-state index contributed by atoms with van der Waals surface area (Å²) in [5.41, 5.74) is 4.90. The average molecular weight is 234 g/mol. The molecule has 2 aromatic heterocycles. The Labute approximate surface area is 98.5 Å². The molecule has 5 heteroatoms. The van der Waals surface area contributed by atoms with Gasteiger partial charge in [0.15, 0.2) is 0 Å². The summed E-state index contributed by atoms with van der Waals surface area (Å²) in [6, 6.07) is 2.06. The molecule has 2 rings (SSSR count). The third-order valence-electron chi connectivity index (χ3n) is 2.52. The molecule has 84 valence electrons. The first-order chi connectivity index (χ1) is 7.72. The first-order valence-electron chi connectivity index (χ1n) is 5.01. The van der Waals surface area contributed by atoms with E-state index < -0.39 is 0 Å². The molecule has 0 aliphatic rings. The molecule has 0 saturated carbocycles. The third-order valence-corrected chi connectivity index (χ3v) is 3.73. The number of aryl methyl sites for hydroxylation is 2. The molecule has 0 fully saturated rings. The molecule has 1 unspecified atom stereocenters. The number of rotatable bonds is 3. The number of hydrazine groups is 1. The molecule has 2 heterocycles. The zero-order valence-electron chi connectivity index (χ0n) is 9.27. The van der Waals surface area contributed by atoms with Gasteiger partial charge in [-0.25, -0.2) is 5.43 Å². The highest BCUT2D eigenvalue weighted by atomic mass is 32.1. The lowest BCUT2D eigenvalue weighted by atomic mass is 10.1. The summed E-state index contributed by atoms with van der Waals surface area (Å²) in [4.78, 5) is 10.8. The lowest BCUT2D eigenvalue weighted by Crippen LogP contribution is -2.28. The minimum absolute atomic E-state index is 0.0777. The summed E-state index contributed by atoms with van der Waals surface area (Å²) in [5.74, 6) is 5.59. The van der Waals surface area contributed by atoms with Crippen molar-refractivity contribution in [2.45, 2.75) is 19.9 Å². The molecule has 0 saturated heterocycles. The highest BCUT2D eigenvalue weighted by Gasteiger charge is 2.16. The number of hydrogen-bond acceptors (Lipinski definition) is 5. The highest BCUT2D eigenvalue weighted by molar-refractivity contribution is 7.12. The second-order valence-corrected chi connectivity index (χ2v) is 4.91. The maximum atomic E-state index is 5.59. The van der Waals surface area contributed by atoms with Crippen molar-refractivity contribution in [3.05, 3.63) is 45.7 Å². The van der Waals surface area contributed by atoms with Crippen LogP contribution in [0.2, 0.25) is 0 Å². The Morgan fingerprint density at radius 1 is 1.38 bits per heavy atom. The molecule has 0 bridgehead atoms. The van der Waals surface area contributed by atoms with Gasteiger partial charge in [0, 0.05) is 22.1 Å². The van der Waals surface area contributed by atoms with E-state index in [2.05, 4.69) is 35.3 Å². The van der Waals surface area contributed by atoms with Gasteiger partial charge in [-0.05, 0) is 25.5 Å². The predicted molar refractivity (Wildman–Crippen MR) is 65.0 cm³/mol. The summed E-state index contributed by atoms with van der Waals surface area (Å²) in [7, 11) is 0. The van der Waals surface area contributed by atoms with Crippen LogP contribution in [0.25, 0.3) is 0 Å². The second-order valence-electron chi connectivity index (χ2n) is 3.62. The smallest absolute Gasteiger partial charge is 0.0988 e. The molecule has 16 heavy (non-hydrogen) atoms. The predicted octanol–water partition coefficient (Wildman–Crippen LogP) is 1.71. The van der Waals surface area contributed by atoms with E-state index >= 15 is 0 Å². The quantitative estimate of drug-likeness (QED) is 0.627. The zero-order chi connectivity index (χ0) is 11.5. The van der Waals surface area contributed by atoms with E-state index in [-0.39, 0.29) is 6.04 Å². The Balaban J connectivity index is 2.37. The van der Waals surface area contributed by atoms with E-state index in [0.717, 1.165) is 10.6 Å². The Morgan fingerprint density at radius 2 is 2.19 bits per heavy atom. The number of thiophene rings is 1. The van der Waals surface area contributed by atoms with Crippen LogP contribution in [0.4, 0.5) is 0 Å². The van der Waals surface area contributed by atoms with Crippen LogP contribution in [-0.4, -0.2) is 9.97 Å².